The molecule has 4 heterocycles. The summed E-state index contributed by atoms with van der Waals surface area (Å²) in [5.41, 5.74) is 10.9. The summed E-state index contributed by atoms with van der Waals surface area (Å²) in [5.74, 6) is 1.85. The third kappa shape index (κ3) is 3.79. The van der Waals surface area contributed by atoms with Gasteiger partial charge in [-0.05, 0) is 67.3 Å². The number of rotatable bonds is 6. The summed E-state index contributed by atoms with van der Waals surface area (Å²) in [6.45, 7) is 15.2. The van der Waals surface area contributed by atoms with Crippen LogP contribution in [-0.2, 0) is 17.4 Å². The van der Waals surface area contributed by atoms with Crippen molar-refractivity contribution in [2.75, 3.05) is 6.61 Å². The van der Waals surface area contributed by atoms with Crippen molar-refractivity contribution in [2.45, 2.75) is 84.1 Å². The molecule has 2 aliphatic rings. The first-order chi connectivity index (χ1) is 21.8. The summed E-state index contributed by atoms with van der Waals surface area (Å²) >= 11 is 0. The molecule has 0 saturated heterocycles. The Morgan fingerprint density at radius 1 is 0.844 bits per heavy atom. The first kappa shape index (κ1) is 28.4. The van der Waals surface area contributed by atoms with Gasteiger partial charge in [0.25, 0.3) is 5.65 Å². The molecule has 2 aliphatic heterocycles. The van der Waals surface area contributed by atoms with E-state index in [0.717, 1.165) is 38.0 Å². The van der Waals surface area contributed by atoms with Crippen molar-refractivity contribution in [3.63, 3.8) is 0 Å². The molecule has 0 fully saturated rings. The minimum absolute atomic E-state index is 0.0135. The van der Waals surface area contributed by atoms with Crippen molar-refractivity contribution in [3.05, 3.63) is 113 Å². The molecule has 0 radical (unpaired) electrons. The van der Waals surface area contributed by atoms with E-state index in [2.05, 4.69) is 142 Å². The van der Waals surface area contributed by atoms with Crippen LogP contribution in [0.2, 0.25) is 0 Å². The number of fused-ring (bicyclic) bond motifs is 4. The lowest BCUT2D eigenvalue weighted by molar-refractivity contribution is -0.750. The monoisotopic (exact) mass is 593 g/mol. The molecule has 0 saturated carbocycles. The van der Waals surface area contributed by atoms with E-state index in [0.29, 0.717) is 5.92 Å². The Balaban J connectivity index is 1.56. The molecular formula is C42H45N2O+. The number of hydrogen-bond acceptors (Lipinski definition) is 1. The standard InChI is InChI=1S/C42H45N2O/c1-7-41(5)34-20-14-19-33-30-16-9-11-21-35(30)44-36(26-43(40(44)39(33)34)42(41,6)8-2)38-28(25-27(3)4)15-13-18-32(38)29-23-24-45-37-22-12-10-17-31(29)37/h9-22,26-27,29H,7-8,23-25H2,1-6H3/q+1. The molecule has 3 atom stereocenters. The summed E-state index contributed by atoms with van der Waals surface area (Å²) in [6.07, 6.45) is 6.69. The van der Waals surface area contributed by atoms with Gasteiger partial charge in [0, 0.05) is 33.2 Å². The SMILES string of the molecule is CCC1(C)c2cccc3c4ccccc4n4c(-c5c(CC(C)C)cccc5C5CCOc6ccccc65)c[n+](c4c23)C1(C)CC. The average molecular weight is 594 g/mol. The zero-order chi connectivity index (χ0) is 31.1. The quantitative estimate of drug-likeness (QED) is 0.139. The van der Waals surface area contributed by atoms with Gasteiger partial charge in [-0.2, -0.15) is 4.40 Å². The fraction of sp³-hybridized carbons (Fsp3) is 0.357. The second-order valence-corrected chi connectivity index (χ2v) is 14.3. The lowest BCUT2D eigenvalue weighted by atomic mass is 9.62. The Labute approximate surface area is 267 Å². The van der Waals surface area contributed by atoms with Crippen LogP contribution < -0.4 is 9.30 Å². The van der Waals surface area contributed by atoms with Gasteiger partial charge in [-0.3, -0.25) is 0 Å². The summed E-state index contributed by atoms with van der Waals surface area (Å²) in [5, 5.41) is 4.10. The molecule has 3 nitrogen and oxygen atoms in total. The predicted molar refractivity (Wildman–Crippen MR) is 187 cm³/mol. The largest absolute Gasteiger partial charge is 0.493 e. The van der Waals surface area contributed by atoms with E-state index in [1.165, 1.54) is 60.8 Å². The molecule has 2 aromatic heterocycles. The summed E-state index contributed by atoms with van der Waals surface area (Å²) in [6, 6.07) is 31.9. The van der Waals surface area contributed by atoms with Gasteiger partial charge in [-0.15, -0.1) is 0 Å². The van der Waals surface area contributed by atoms with Crippen LogP contribution in [0.15, 0.2) is 91.1 Å². The van der Waals surface area contributed by atoms with Gasteiger partial charge in [0.1, 0.15) is 23.0 Å². The summed E-state index contributed by atoms with van der Waals surface area (Å²) < 4.78 is 11.5. The zero-order valence-corrected chi connectivity index (χ0v) is 27.7. The predicted octanol–water partition coefficient (Wildman–Crippen LogP) is 10.1. The van der Waals surface area contributed by atoms with Crippen LogP contribution in [0.25, 0.3) is 38.6 Å². The maximum absolute atomic E-state index is 6.19. The fourth-order valence-electron chi connectivity index (χ4n) is 9.05. The second-order valence-electron chi connectivity index (χ2n) is 14.3. The van der Waals surface area contributed by atoms with Crippen molar-refractivity contribution < 1.29 is 9.30 Å². The lowest BCUT2D eigenvalue weighted by Gasteiger charge is -2.46. The number of pyridine rings is 1. The van der Waals surface area contributed by atoms with E-state index >= 15 is 0 Å². The van der Waals surface area contributed by atoms with Crippen LogP contribution >= 0.6 is 0 Å². The molecule has 4 aromatic carbocycles. The smallest absolute Gasteiger partial charge is 0.296 e. The number of hydrogen-bond donors (Lipinski definition) is 0. The van der Waals surface area contributed by atoms with Gasteiger partial charge in [0.2, 0.25) is 0 Å². The molecule has 45 heavy (non-hydrogen) atoms. The Morgan fingerprint density at radius 2 is 1.58 bits per heavy atom. The van der Waals surface area contributed by atoms with E-state index in [4.69, 9.17) is 4.74 Å². The fourth-order valence-corrected chi connectivity index (χ4v) is 9.05. The van der Waals surface area contributed by atoms with Crippen molar-refractivity contribution >= 4 is 27.3 Å². The molecule has 228 valence electrons. The second kappa shape index (κ2) is 10.2. The van der Waals surface area contributed by atoms with E-state index in [1.807, 2.05) is 0 Å². The van der Waals surface area contributed by atoms with Crippen molar-refractivity contribution in [1.82, 2.24) is 4.40 Å². The molecule has 0 aliphatic carbocycles. The molecule has 6 aromatic rings. The highest BCUT2D eigenvalue weighted by Crippen LogP contribution is 2.52. The number of nitrogens with zero attached hydrogens (tertiary/aromatic N) is 2. The topological polar surface area (TPSA) is 17.5 Å². The van der Waals surface area contributed by atoms with E-state index in [-0.39, 0.29) is 16.9 Å². The Kier molecular flexibility index (Phi) is 6.43. The molecule has 0 bridgehead atoms. The van der Waals surface area contributed by atoms with Crippen LogP contribution in [0, 0.1) is 5.92 Å². The highest BCUT2D eigenvalue weighted by Gasteiger charge is 2.54. The molecule has 3 heteroatoms. The number of benzene rings is 4. The highest BCUT2D eigenvalue weighted by atomic mass is 16.5. The van der Waals surface area contributed by atoms with E-state index in [9.17, 15) is 0 Å². The number of imidazole rings is 1. The van der Waals surface area contributed by atoms with Crippen LogP contribution in [0.4, 0.5) is 0 Å². The first-order valence-electron chi connectivity index (χ1n) is 17.1. The average Bonchev–Trinajstić information content (AvgIpc) is 3.47. The van der Waals surface area contributed by atoms with Gasteiger partial charge < -0.3 is 4.74 Å². The Hall–Kier alpha value is -4.11. The maximum Gasteiger partial charge on any atom is 0.296 e. The minimum Gasteiger partial charge on any atom is -0.493 e. The third-order valence-electron chi connectivity index (χ3n) is 11.8. The van der Waals surface area contributed by atoms with Gasteiger partial charge >= 0.3 is 0 Å². The van der Waals surface area contributed by atoms with Crippen LogP contribution in [0.3, 0.4) is 0 Å². The van der Waals surface area contributed by atoms with Gasteiger partial charge in [0.15, 0.2) is 5.69 Å². The number of ether oxygens (including phenoxy) is 1. The highest BCUT2D eigenvalue weighted by molar-refractivity contribution is 6.13. The lowest BCUT2D eigenvalue weighted by Crippen LogP contribution is -2.65. The summed E-state index contributed by atoms with van der Waals surface area (Å²) in [7, 11) is 0. The van der Waals surface area contributed by atoms with Crippen molar-refractivity contribution in [2.24, 2.45) is 5.92 Å². The molecule has 0 amide bonds. The van der Waals surface area contributed by atoms with Crippen LogP contribution in [0.1, 0.15) is 89.0 Å². The minimum atomic E-state index is -0.0899. The van der Waals surface area contributed by atoms with E-state index in [1.54, 1.807) is 0 Å². The Bertz CT molecular complexity index is 2120. The third-order valence-corrected chi connectivity index (χ3v) is 11.8. The van der Waals surface area contributed by atoms with Gasteiger partial charge in [-0.1, -0.05) is 107 Å². The molecule has 8 rings (SSSR count). The molecular weight excluding hydrogens is 548 g/mol. The zero-order valence-electron chi connectivity index (χ0n) is 27.7. The number of para-hydroxylation sites is 2. The van der Waals surface area contributed by atoms with Gasteiger partial charge in [0.05, 0.1) is 12.0 Å². The van der Waals surface area contributed by atoms with Crippen molar-refractivity contribution in [3.8, 4) is 17.0 Å². The maximum atomic E-state index is 6.19. The summed E-state index contributed by atoms with van der Waals surface area (Å²) in [4.78, 5) is 0. The van der Waals surface area contributed by atoms with Crippen molar-refractivity contribution in [1.29, 1.82) is 0 Å². The first-order valence-corrected chi connectivity index (χ1v) is 17.1. The van der Waals surface area contributed by atoms with Crippen LogP contribution in [0.5, 0.6) is 5.75 Å². The van der Waals surface area contributed by atoms with Gasteiger partial charge in [-0.25, -0.2) is 4.57 Å². The van der Waals surface area contributed by atoms with E-state index < -0.39 is 0 Å². The number of aromatic nitrogens is 2. The Morgan fingerprint density at radius 3 is 2.38 bits per heavy atom. The normalized spacial score (nSPS) is 22.4. The molecule has 3 unspecified atom stereocenters. The molecule has 0 N–H and O–H groups in total. The molecule has 0 spiro atoms. The van der Waals surface area contributed by atoms with Crippen LogP contribution in [-0.4, -0.2) is 11.0 Å².